The van der Waals surface area contributed by atoms with Crippen LogP contribution >= 0.6 is 24.0 Å². The zero-order chi connectivity index (χ0) is 14.1. The number of alkyl halides is 3. The molecule has 1 saturated heterocycles. The van der Waals surface area contributed by atoms with E-state index in [1.165, 1.54) is 0 Å². The summed E-state index contributed by atoms with van der Waals surface area (Å²) in [6, 6.07) is 0. The number of rotatable bonds is 6. The van der Waals surface area contributed by atoms with E-state index < -0.39 is 12.6 Å². The minimum Gasteiger partial charge on any atom is -0.376 e. The SMILES string of the molecule is CN=C(NCCCCC(F)(F)F)NCC1CCCO1.I. The summed E-state index contributed by atoms with van der Waals surface area (Å²) in [7, 11) is 1.64. The van der Waals surface area contributed by atoms with Gasteiger partial charge >= 0.3 is 6.18 Å². The van der Waals surface area contributed by atoms with Gasteiger partial charge < -0.3 is 15.4 Å². The second kappa shape index (κ2) is 10.5. The number of ether oxygens (including phenoxy) is 1. The van der Waals surface area contributed by atoms with Crippen molar-refractivity contribution < 1.29 is 17.9 Å². The van der Waals surface area contributed by atoms with E-state index in [9.17, 15) is 13.2 Å². The molecule has 1 unspecified atom stereocenters. The highest BCUT2D eigenvalue weighted by Gasteiger charge is 2.25. The van der Waals surface area contributed by atoms with Crippen LogP contribution in [0.5, 0.6) is 0 Å². The molecule has 20 heavy (non-hydrogen) atoms. The summed E-state index contributed by atoms with van der Waals surface area (Å²) in [5.41, 5.74) is 0. The van der Waals surface area contributed by atoms with Gasteiger partial charge in [-0.25, -0.2) is 0 Å². The molecule has 0 aliphatic carbocycles. The molecule has 8 heteroatoms. The maximum absolute atomic E-state index is 11.9. The molecule has 0 aromatic heterocycles. The summed E-state index contributed by atoms with van der Waals surface area (Å²) >= 11 is 0. The lowest BCUT2D eigenvalue weighted by Crippen LogP contribution is -2.41. The summed E-state index contributed by atoms with van der Waals surface area (Å²) in [6.07, 6.45) is -1.84. The van der Waals surface area contributed by atoms with Gasteiger partial charge in [0.1, 0.15) is 0 Å². The smallest absolute Gasteiger partial charge is 0.376 e. The van der Waals surface area contributed by atoms with E-state index in [1.807, 2.05) is 0 Å². The predicted molar refractivity (Wildman–Crippen MR) is 83.7 cm³/mol. The van der Waals surface area contributed by atoms with Crippen LogP contribution in [0.15, 0.2) is 4.99 Å². The van der Waals surface area contributed by atoms with E-state index in [1.54, 1.807) is 7.05 Å². The van der Waals surface area contributed by atoms with Gasteiger partial charge in [0.05, 0.1) is 6.10 Å². The molecular weight excluding hydrogens is 386 g/mol. The summed E-state index contributed by atoms with van der Waals surface area (Å²) in [6.45, 7) is 1.97. The topological polar surface area (TPSA) is 45.7 Å². The first-order chi connectivity index (χ1) is 9.01. The van der Waals surface area contributed by atoms with Crippen LogP contribution in [0.3, 0.4) is 0 Å². The number of hydrogen-bond donors (Lipinski definition) is 2. The zero-order valence-corrected chi connectivity index (χ0v) is 14.0. The molecular formula is C12H23F3IN3O. The second-order valence-corrected chi connectivity index (χ2v) is 4.59. The van der Waals surface area contributed by atoms with Crippen molar-refractivity contribution in [3.05, 3.63) is 0 Å². The van der Waals surface area contributed by atoms with Crippen molar-refractivity contribution in [3.8, 4) is 0 Å². The molecule has 0 aromatic rings. The Morgan fingerprint density at radius 2 is 2.05 bits per heavy atom. The first kappa shape index (κ1) is 19.8. The Labute approximate surface area is 134 Å². The molecule has 1 rings (SSSR count). The summed E-state index contributed by atoms with van der Waals surface area (Å²) < 4.78 is 41.3. The number of nitrogens with one attached hydrogen (secondary N) is 2. The van der Waals surface area contributed by atoms with Gasteiger partial charge in [0.15, 0.2) is 5.96 Å². The average Bonchev–Trinajstić information content (AvgIpc) is 2.84. The van der Waals surface area contributed by atoms with Crippen molar-refractivity contribution in [2.75, 3.05) is 26.7 Å². The molecule has 0 bridgehead atoms. The Bertz CT molecular complexity index is 282. The molecule has 0 radical (unpaired) electrons. The minimum absolute atomic E-state index is 0. The predicted octanol–water partition coefficient (Wildman–Crippen LogP) is 2.68. The van der Waals surface area contributed by atoms with E-state index >= 15 is 0 Å². The van der Waals surface area contributed by atoms with Gasteiger partial charge in [0.25, 0.3) is 0 Å². The molecule has 120 valence electrons. The van der Waals surface area contributed by atoms with E-state index in [0.717, 1.165) is 19.4 Å². The molecule has 0 aromatic carbocycles. The van der Waals surface area contributed by atoms with E-state index in [0.29, 0.717) is 25.5 Å². The van der Waals surface area contributed by atoms with Crippen LogP contribution in [0.2, 0.25) is 0 Å². The third kappa shape index (κ3) is 9.62. The van der Waals surface area contributed by atoms with Gasteiger partial charge in [-0.15, -0.1) is 24.0 Å². The van der Waals surface area contributed by atoms with Crippen LogP contribution in [-0.4, -0.2) is 45.0 Å². The van der Waals surface area contributed by atoms with Gasteiger partial charge in [-0.3, -0.25) is 4.99 Å². The van der Waals surface area contributed by atoms with Crippen molar-refractivity contribution >= 4 is 29.9 Å². The van der Waals surface area contributed by atoms with Crippen molar-refractivity contribution in [2.24, 2.45) is 4.99 Å². The molecule has 1 aliphatic heterocycles. The maximum Gasteiger partial charge on any atom is 0.389 e. The quantitative estimate of drug-likeness (QED) is 0.307. The normalized spacial score (nSPS) is 19.6. The average molecular weight is 409 g/mol. The molecule has 2 N–H and O–H groups in total. The highest BCUT2D eigenvalue weighted by Crippen LogP contribution is 2.21. The fourth-order valence-electron chi connectivity index (χ4n) is 1.89. The van der Waals surface area contributed by atoms with Crippen LogP contribution < -0.4 is 10.6 Å². The molecule has 1 fully saturated rings. The first-order valence-corrected chi connectivity index (χ1v) is 6.64. The van der Waals surface area contributed by atoms with Crippen LogP contribution in [0, 0.1) is 0 Å². The summed E-state index contributed by atoms with van der Waals surface area (Å²) in [4.78, 5) is 4.01. The van der Waals surface area contributed by atoms with Crippen molar-refractivity contribution in [1.29, 1.82) is 0 Å². The molecule has 4 nitrogen and oxygen atoms in total. The van der Waals surface area contributed by atoms with Gasteiger partial charge in [-0.1, -0.05) is 0 Å². The van der Waals surface area contributed by atoms with Gasteiger partial charge in [0, 0.05) is 33.2 Å². The first-order valence-electron chi connectivity index (χ1n) is 6.64. The summed E-state index contributed by atoms with van der Waals surface area (Å²) in [5.74, 6) is 0.613. The van der Waals surface area contributed by atoms with Crippen molar-refractivity contribution in [1.82, 2.24) is 10.6 Å². The monoisotopic (exact) mass is 409 g/mol. The standard InChI is InChI=1S/C12H22F3N3O.HI/c1-16-11(18-9-10-5-4-8-19-10)17-7-3-2-6-12(13,14)15;/h10H,2-9H2,1H3,(H2,16,17,18);1H. The number of halogens is 4. The molecule has 1 atom stereocenters. The molecule has 1 aliphatic rings. The Morgan fingerprint density at radius 1 is 1.30 bits per heavy atom. The molecule has 0 amide bonds. The second-order valence-electron chi connectivity index (χ2n) is 4.59. The van der Waals surface area contributed by atoms with Gasteiger partial charge in [0.2, 0.25) is 0 Å². The fraction of sp³-hybridized carbons (Fsp3) is 0.917. The molecule has 0 spiro atoms. The number of nitrogens with zero attached hydrogens (tertiary/aromatic N) is 1. The third-order valence-electron chi connectivity index (χ3n) is 2.92. The lowest BCUT2D eigenvalue weighted by Gasteiger charge is -2.15. The number of hydrogen-bond acceptors (Lipinski definition) is 2. The molecule has 1 heterocycles. The van der Waals surface area contributed by atoms with Crippen molar-refractivity contribution in [3.63, 3.8) is 0 Å². The minimum atomic E-state index is -4.06. The fourth-order valence-corrected chi connectivity index (χ4v) is 1.89. The number of aliphatic imine (C=N–C) groups is 1. The van der Waals surface area contributed by atoms with E-state index in [-0.39, 0.29) is 36.5 Å². The molecule has 0 saturated carbocycles. The van der Waals surface area contributed by atoms with E-state index in [2.05, 4.69) is 15.6 Å². The van der Waals surface area contributed by atoms with Gasteiger partial charge in [-0.05, 0) is 25.7 Å². The maximum atomic E-state index is 11.9. The Hall–Kier alpha value is -0.250. The highest BCUT2D eigenvalue weighted by molar-refractivity contribution is 14.0. The van der Waals surface area contributed by atoms with Crippen LogP contribution in [-0.2, 0) is 4.74 Å². The lowest BCUT2D eigenvalue weighted by atomic mass is 10.2. The lowest BCUT2D eigenvalue weighted by molar-refractivity contribution is -0.135. The zero-order valence-electron chi connectivity index (χ0n) is 11.6. The van der Waals surface area contributed by atoms with Crippen LogP contribution in [0.25, 0.3) is 0 Å². The Morgan fingerprint density at radius 3 is 2.60 bits per heavy atom. The van der Waals surface area contributed by atoms with Gasteiger partial charge in [-0.2, -0.15) is 13.2 Å². The third-order valence-corrected chi connectivity index (χ3v) is 2.92. The number of unbranched alkanes of at least 4 members (excludes halogenated alkanes) is 1. The van der Waals surface area contributed by atoms with Crippen LogP contribution in [0.4, 0.5) is 13.2 Å². The highest BCUT2D eigenvalue weighted by atomic mass is 127. The van der Waals surface area contributed by atoms with Crippen molar-refractivity contribution in [2.45, 2.75) is 44.4 Å². The Kier molecular flexibility index (Phi) is 10.3. The largest absolute Gasteiger partial charge is 0.389 e. The summed E-state index contributed by atoms with van der Waals surface area (Å²) in [5, 5.41) is 6.11. The van der Waals surface area contributed by atoms with E-state index in [4.69, 9.17) is 4.74 Å². The number of guanidine groups is 1. The van der Waals surface area contributed by atoms with Crippen LogP contribution in [0.1, 0.15) is 32.1 Å². The Balaban J connectivity index is 0.00000361.